The number of carbonyl (C=O) groups excluding carboxylic acids is 1. The number of H-pyrrole nitrogens is 1. The molecule has 0 bridgehead atoms. The summed E-state index contributed by atoms with van der Waals surface area (Å²) in [6, 6.07) is 4.25. The molecule has 1 aliphatic heterocycles. The topological polar surface area (TPSA) is 61.0 Å². The van der Waals surface area contributed by atoms with Crippen molar-refractivity contribution in [1.29, 1.82) is 0 Å². The Bertz CT molecular complexity index is 649. The van der Waals surface area contributed by atoms with Crippen LogP contribution in [0.2, 0.25) is 0 Å². The van der Waals surface area contributed by atoms with E-state index in [1.165, 1.54) is 18.4 Å². The van der Waals surface area contributed by atoms with Gasteiger partial charge in [-0.2, -0.15) is 0 Å². The van der Waals surface area contributed by atoms with Gasteiger partial charge < -0.3 is 10.3 Å². The van der Waals surface area contributed by atoms with Crippen LogP contribution in [-0.2, 0) is 4.79 Å². The number of likely N-dealkylation sites (tertiary alicyclic amines) is 1. The molecule has 1 fully saturated rings. The molecule has 2 N–H and O–H groups in total. The van der Waals surface area contributed by atoms with Crippen LogP contribution in [0.25, 0.3) is 11.0 Å². The van der Waals surface area contributed by atoms with E-state index in [4.69, 9.17) is 0 Å². The first-order chi connectivity index (χ1) is 10.2. The maximum atomic E-state index is 11.5. The fourth-order valence-corrected chi connectivity index (χ4v) is 3.04. The number of fused-ring (bicyclic) bond motifs is 1. The molecule has 0 aromatic carbocycles. The molecule has 1 atom stereocenters. The van der Waals surface area contributed by atoms with E-state index in [9.17, 15) is 4.79 Å². The number of hydrogen-bond acceptors (Lipinski definition) is 3. The Morgan fingerprint density at radius 2 is 2.33 bits per heavy atom. The molecule has 3 rings (SSSR count). The average molecular weight is 286 g/mol. The van der Waals surface area contributed by atoms with Gasteiger partial charge in [-0.3, -0.25) is 9.69 Å². The van der Waals surface area contributed by atoms with Crippen molar-refractivity contribution in [2.45, 2.75) is 38.6 Å². The molecule has 2 aromatic rings. The fourth-order valence-electron chi connectivity index (χ4n) is 3.04. The summed E-state index contributed by atoms with van der Waals surface area (Å²) >= 11 is 0. The standard InChI is InChI=1S/C16H22N4O/c1-3-15(21)18-14-8-7-12-16(19-14)11(10-17-12)13-6-4-5-9-20(13)2/h7-8,10,13,17H,3-6,9H2,1-2H3,(H,18,19,21). The van der Waals surface area contributed by atoms with Crippen molar-refractivity contribution in [2.75, 3.05) is 18.9 Å². The second-order valence-electron chi connectivity index (χ2n) is 5.73. The van der Waals surface area contributed by atoms with Crippen LogP contribution >= 0.6 is 0 Å². The van der Waals surface area contributed by atoms with E-state index in [-0.39, 0.29) is 5.91 Å². The van der Waals surface area contributed by atoms with E-state index in [1.54, 1.807) is 0 Å². The zero-order valence-electron chi connectivity index (χ0n) is 12.6. The number of amides is 1. The first-order valence-electron chi connectivity index (χ1n) is 7.67. The SMILES string of the molecule is CCC(=O)Nc1ccc2[nH]cc(C3CCCCN3C)c2n1. The van der Waals surface area contributed by atoms with E-state index in [0.717, 1.165) is 24.0 Å². The van der Waals surface area contributed by atoms with E-state index in [0.29, 0.717) is 18.3 Å². The van der Waals surface area contributed by atoms with Crippen LogP contribution in [0.4, 0.5) is 5.82 Å². The lowest BCUT2D eigenvalue weighted by Crippen LogP contribution is -2.29. The zero-order valence-corrected chi connectivity index (χ0v) is 12.6. The van der Waals surface area contributed by atoms with Crippen LogP contribution in [0.3, 0.4) is 0 Å². The maximum absolute atomic E-state index is 11.5. The van der Waals surface area contributed by atoms with Crippen molar-refractivity contribution >= 4 is 22.8 Å². The summed E-state index contributed by atoms with van der Waals surface area (Å²) in [4.78, 5) is 21.9. The van der Waals surface area contributed by atoms with Crippen LogP contribution in [0, 0.1) is 0 Å². The second kappa shape index (κ2) is 5.85. The number of rotatable bonds is 3. The van der Waals surface area contributed by atoms with Gasteiger partial charge in [0.1, 0.15) is 5.82 Å². The molecule has 1 amide bonds. The van der Waals surface area contributed by atoms with Crippen molar-refractivity contribution in [1.82, 2.24) is 14.9 Å². The highest BCUT2D eigenvalue weighted by molar-refractivity contribution is 5.91. The monoisotopic (exact) mass is 286 g/mol. The number of hydrogen-bond donors (Lipinski definition) is 2. The number of aromatic nitrogens is 2. The van der Waals surface area contributed by atoms with Gasteiger partial charge in [0.05, 0.1) is 11.0 Å². The van der Waals surface area contributed by atoms with Gasteiger partial charge in [-0.05, 0) is 38.6 Å². The number of piperidine rings is 1. The predicted molar refractivity (Wildman–Crippen MR) is 84.2 cm³/mol. The van der Waals surface area contributed by atoms with Gasteiger partial charge >= 0.3 is 0 Å². The van der Waals surface area contributed by atoms with Crippen LogP contribution in [-0.4, -0.2) is 34.4 Å². The molecule has 0 aliphatic carbocycles. The molecule has 5 nitrogen and oxygen atoms in total. The van der Waals surface area contributed by atoms with Gasteiger partial charge in [-0.15, -0.1) is 0 Å². The number of anilines is 1. The fraction of sp³-hybridized carbons (Fsp3) is 0.500. The van der Waals surface area contributed by atoms with Crippen molar-refractivity contribution in [3.05, 3.63) is 23.9 Å². The highest BCUT2D eigenvalue weighted by Gasteiger charge is 2.24. The molecule has 0 saturated carbocycles. The molecule has 2 aromatic heterocycles. The summed E-state index contributed by atoms with van der Waals surface area (Å²) < 4.78 is 0. The number of nitrogens with one attached hydrogen (secondary N) is 2. The summed E-state index contributed by atoms with van der Waals surface area (Å²) in [7, 11) is 2.17. The minimum absolute atomic E-state index is 0.00581. The summed E-state index contributed by atoms with van der Waals surface area (Å²) in [6.07, 6.45) is 6.21. The number of pyridine rings is 1. The lowest BCUT2D eigenvalue weighted by molar-refractivity contribution is -0.115. The molecule has 0 spiro atoms. The van der Waals surface area contributed by atoms with Gasteiger partial charge in [0.2, 0.25) is 5.91 Å². The normalized spacial score (nSPS) is 19.8. The molecule has 21 heavy (non-hydrogen) atoms. The Balaban J connectivity index is 1.95. The van der Waals surface area contributed by atoms with E-state index in [2.05, 4.69) is 33.4 Å². The van der Waals surface area contributed by atoms with Gasteiger partial charge in [0.15, 0.2) is 0 Å². The largest absolute Gasteiger partial charge is 0.360 e. The Morgan fingerprint density at radius 3 is 3.10 bits per heavy atom. The Kier molecular flexibility index (Phi) is 3.92. The van der Waals surface area contributed by atoms with Crippen LogP contribution in [0.15, 0.2) is 18.3 Å². The molecule has 3 heterocycles. The van der Waals surface area contributed by atoms with Crippen LogP contribution in [0.5, 0.6) is 0 Å². The van der Waals surface area contributed by atoms with Crippen molar-refractivity contribution in [3.8, 4) is 0 Å². The Morgan fingerprint density at radius 1 is 1.48 bits per heavy atom. The van der Waals surface area contributed by atoms with E-state index in [1.807, 2.05) is 19.1 Å². The minimum atomic E-state index is -0.00581. The van der Waals surface area contributed by atoms with Crippen LogP contribution in [0.1, 0.15) is 44.2 Å². The predicted octanol–water partition coefficient (Wildman–Crippen LogP) is 3.07. The summed E-state index contributed by atoms with van der Waals surface area (Å²) in [5, 5.41) is 2.84. The van der Waals surface area contributed by atoms with E-state index >= 15 is 0 Å². The summed E-state index contributed by atoms with van der Waals surface area (Å²) in [5.41, 5.74) is 3.24. The first kappa shape index (κ1) is 14.1. The number of carbonyl (C=O) groups is 1. The highest BCUT2D eigenvalue weighted by atomic mass is 16.1. The van der Waals surface area contributed by atoms with Crippen LogP contribution < -0.4 is 5.32 Å². The molecule has 112 valence electrons. The van der Waals surface area contributed by atoms with Gasteiger partial charge in [-0.25, -0.2) is 4.98 Å². The average Bonchev–Trinajstić information content (AvgIpc) is 2.90. The second-order valence-corrected chi connectivity index (χ2v) is 5.73. The highest BCUT2D eigenvalue weighted by Crippen LogP contribution is 2.33. The van der Waals surface area contributed by atoms with Gasteiger partial charge in [0.25, 0.3) is 0 Å². The first-order valence-corrected chi connectivity index (χ1v) is 7.67. The summed E-state index contributed by atoms with van der Waals surface area (Å²) in [6.45, 7) is 2.97. The summed E-state index contributed by atoms with van der Waals surface area (Å²) in [5.74, 6) is 0.627. The number of nitrogens with zero attached hydrogens (tertiary/aromatic N) is 2. The Hall–Kier alpha value is -1.88. The smallest absolute Gasteiger partial charge is 0.225 e. The third kappa shape index (κ3) is 2.78. The van der Waals surface area contributed by atoms with Crippen molar-refractivity contribution in [2.24, 2.45) is 0 Å². The van der Waals surface area contributed by atoms with Crippen molar-refractivity contribution in [3.63, 3.8) is 0 Å². The Labute approximate surface area is 124 Å². The lowest BCUT2D eigenvalue weighted by atomic mass is 9.97. The molecular weight excluding hydrogens is 264 g/mol. The van der Waals surface area contributed by atoms with Gasteiger partial charge in [0, 0.05) is 24.2 Å². The minimum Gasteiger partial charge on any atom is -0.360 e. The maximum Gasteiger partial charge on any atom is 0.225 e. The van der Waals surface area contributed by atoms with Gasteiger partial charge in [-0.1, -0.05) is 13.3 Å². The molecule has 5 heteroatoms. The molecule has 0 radical (unpaired) electrons. The third-order valence-electron chi connectivity index (χ3n) is 4.27. The molecule has 1 aliphatic rings. The lowest BCUT2D eigenvalue weighted by Gasteiger charge is -2.32. The molecule has 1 saturated heterocycles. The molecular formula is C16H22N4O. The number of aromatic amines is 1. The molecule has 1 unspecified atom stereocenters. The van der Waals surface area contributed by atoms with Crippen molar-refractivity contribution < 1.29 is 4.79 Å². The third-order valence-corrected chi connectivity index (χ3v) is 4.27. The quantitative estimate of drug-likeness (QED) is 0.911. The van der Waals surface area contributed by atoms with E-state index < -0.39 is 0 Å². The zero-order chi connectivity index (χ0) is 14.8.